The van der Waals surface area contributed by atoms with Gasteiger partial charge in [-0.25, -0.2) is 9.59 Å². The minimum absolute atomic E-state index is 0.00463. The first-order valence-electron chi connectivity index (χ1n) is 5.02. The number of benzene rings is 1. The molecule has 1 fully saturated rings. The number of rotatable bonds is 2. The first kappa shape index (κ1) is 10.5. The van der Waals surface area contributed by atoms with Crippen molar-refractivity contribution in [3.8, 4) is 0 Å². The molecule has 2 amide bonds. The lowest BCUT2D eigenvalue weighted by atomic mass is 9.93. The first-order chi connectivity index (χ1) is 7.68. The molecule has 5 nitrogen and oxygen atoms in total. The standard InChI is InChI=1S/C11H12N2O3/c14-10(15)9-4-2-1-3-8(9)7-5-12-11(16)13-6-7/h1-4,7H,5-6H2,(H,14,15)(H2,12,13,16). The zero-order valence-electron chi connectivity index (χ0n) is 8.56. The third-order valence-corrected chi connectivity index (χ3v) is 2.65. The highest BCUT2D eigenvalue weighted by Crippen LogP contribution is 2.20. The predicted octanol–water partition coefficient (Wildman–Crippen LogP) is 0.781. The Balaban J connectivity index is 2.26. The Morgan fingerprint density at radius 1 is 1.25 bits per heavy atom. The topological polar surface area (TPSA) is 78.4 Å². The van der Waals surface area contributed by atoms with Gasteiger partial charge in [-0.05, 0) is 11.6 Å². The van der Waals surface area contributed by atoms with Gasteiger partial charge in [0.2, 0.25) is 0 Å². The van der Waals surface area contributed by atoms with Crippen LogP contribution in [0.4, 0.5) is 4.79 Å². The van der Waals surface area contributed by atoms with Crippen LogP contribution in [-0.2, 0) is 0 Å². The number of amides is 2. The summed E-state index contributed by atoms with van der Waals surface area (Å²) in [6.45, 7) is 0.937. The lowest BCUT2D eigenvalue weighted by molar-refractivity contribution is 0.0695. The zero-order valence-corrected chi connectivity index (χ0v) is 8.56. The summed E-state index contributed by atoms with van der Waals surface area (Å²) < 4.78 is 0. The second-order valence-corrected chi connectivity index (χ2v) is 3.68. The highest BCUT2D eigenvalue weighted by atomic mass is 16.4. The molecule has 0 bridgehead atoms. The van der Waals surface area contributed by atoms with Crippen LogP contribution in [0, 0.1) is 0 Å². The van der Waals surface area contributed by atoms with E-state index in [1.54, 1.807) is 24.3 Å². The molecule has 0 spiro atoms. The molecule has 1 aromatic carbocycles. The molecule has 1 aliphatic rings. The van der Waals surface area contributed by atoms with E-state index in [0.29, 0.717) is 18.7 Å². The third kappa shape index (κ3) is 1.98. The molecule has 0 radical (unpaired) electrons. The quantitative estimate of drug-likeness (QED) is 0.689. The molecule has 0 atom stereocenters. The Hall–Kier alpha value is -2.04. The van der Waals surface area contributed by atoms with E-state index in [9.17, 15) is 9.59 Å². The Kier molecular flexibility index (Phi) is 2.76. The van der Waals surface area contributed by atoms with Gasteiger partial charge in [0.05, 0.1) is 5.56 Å². The summed E-state index contributed by atoms with van der Waals surface area (Å²) in [5, 5.41) is 14.3. The SMILES string of the molecule is O=C1NCC(c2ccccc2C(=O)O)CN1. The van der Waals surface area contributed by atoms with Crippen molar-refractivity contribution in [1.29, 1.82) is 0 Å². The van der Waals surface area contributed by atoms with Gasteiger partial charge in [0, 0.05) is 19.0 Å². The van der Waals surface area contributed by atoms with Gasteiger partial charge in [0.15, 0.2) is 0 Å². The number of nitrogens with one attached hydrogen (secondary N) is 2. The fourth-order valence-corrected chi connectivity index (χ4v) is 1.83. The molecule has 0 unspecified atom stereocenters. The Bertz CT molecular complexity index is 421. The molecule has 1 aliphatic heterocycles. The molecule has 3 N–H and O–H groups in total. The van der Waals surface area contributed by atoms with E-state index in [1.807, 2.05) is 0 Å². The van der Waals surface area contributed by atoms with Gasteiger partial charge in [-0.2, -0.15) is 0 Å². The summed E-state index contributed by atoms with van der Waals surface area (Å²) in [6.07, 6.45) is 0. The summed E-state index contributed by atoms with van der Waals surface area (Å²) in [5.41, 5.74) is 1.05. The highest BCUT2D eigenvalue weighted by molar-refractivity contribution is 5.89. The number of carbonyl (C=O) groups is 2. The van der Waals surface area contributed by atoms with Gasteiger partial charge < -0.3 is 15.7 Å². The average Bonchev–Trinajstić information content (AvgIpc) is 2.30. The summed E-state index contributed by atoms with van der Waals surface area (Å²) >= 11 is 0. The fraction of sp³-hybridized carbons (Fsp3) is 0.273. The lowest BCUT2D eigenvalue weighted by Gasteiger charge is -2.25. The van der Waals surface area contributed by atoms with Crippen LogP contribution in [0.2, 0.25) is 0 Å². The van der Waals surface area contributed by atoms with E-state index < -0.39 is 5.97 Å². The molecule has 5 heteroatoms. The molecule has 0 aliphatic carbocycles. The predicted molar refractivity (Wildman–Crippen MR) is 57.5 cm³/mol. The molecular formula is C11H12N2O3. The van der Waals surface area contributed by atoms with E-state index in [-0.39, 0.29) is 11.9 Å². The number of hydrogen-bond donors (Lipinski definition) is 3. The first-order valence-corrected chi connectivity index (χ1v) is 5.02. The number of carboxylic acid groups (broad SMARTS) is 1. The third-order valence-electron chi connectivity index (χ3n) is 2.65. The van der Waals surface area contributed by atoms with Crippen LogP contribution in [0.25, 0.3) is 0 Å². The molecule has 0 saturated carbocycles. The molecule has 1 saturated heterocycles. The van der Waals surface area contributed by atoms with E-state index in [4.69, 9.17) is 5.11 Å². The molecule has 0 aromatic heterocycles. The smallest absolute Gasteiger partial charge is 0.335 e. The lowest BCUT2D eigenvalue weighted by Crippen LogP contribution is -2.47. The molecule has 84 valence electrons. The van der Waals surface area contributed by atoms with Crippen LogP contribution in [0.15, 0.2) is 24.3 Å². The molecule has 1 aromatic rings. The number of carbonyl (C=O) groups excluding carboxylic acids is 1. The van der Waals surface area contributed by atoms with Crippen LogP contribution in [0.1, 0.15) is 21.8 Å². The Morgan fingerprint density at radius 3 is 2.50 bits per heavy atom. The van der Waals surface area contributed by atoms with E-state index in [0.717, 1.165) is 5.56 Å². The van der Waals surface area contributed by atoms with Gasteiger partial charge in [-0.3, -0.25) is 0 Å². The van der Waals surface area contributed by atoms with Crippen LogP contribution >= 0.6 is 0 Å². The van der Waals surface area contributed by atoms with Gasteiger partial charge in [-0.15, -0.1) is 0 Å². The van der Waals surface area contributed by atoms with Crippen LogP contribution in [0.3, 0.4) is 0 Å². The number of urea groups is 1. The van der Waals surface area contributed by atoms with E-state index in [2.05, 4.69) is 10.6 Å². The van der Waals surface area contributed by atoms with Crippen molar-refractivity contribution in [1.82, 2.24) is 10.6 Å². The maximum Gasteiger partial charge on any atom is 0.335 e. The maximum absolute atomic E-state index is 11.0. The molecular weight excluding hydrogens is 208 g/mol. The van der Waals surface area contributed by atoms with E-state index >= 15 is 0 Å². The minimum Gasteiger partial charge on any atom is -0.478 e. The summed E-state index contributed by atoms with van der Waals surface area (Å²) in [6, 6.07) is 6.66. The summed E-state index contributed by atoms with van der Waals surface area (Å²) in [7, 11) is 0. The Morgan fingerprint density at radius 2 is 1.88 bits per heavy atom. The van der Waals surface area contributed by atoms with Crippen molar-refractivity contribution >= 4 is 12.0 Å². The number of hydrogen-bond acceptors (Lipinski definition) is 2. The van der Waals surface area contributed by atoms with Crippen molar-refractivity contribution in [3.05, 3.63) is 35.4 Å². The second-order valence-electron chi connectivity index (χ2n) is 3.68. The normalized spacial score (nSPS) is 16.4. The average molecular weight is 220 g/mol. The molecule has 2 rings (SSSR count). The monoisotopic (exact) mass is 220 g/mol. The summed E-state index contributed by atoms with van der Waals surface area (Å²) in [4.78, 5) is 21.9. The van der Waals surface area contributed by atoms with Gasteiger partial charge in [0.25, 0.3) is 0 Å². The maximum atomic E-state index is 11.0. The fourth-order valence-electron chi connectivity index (χ4n) is 1.83. The van der Waals surface area contributed by atoms with Crippen molar-refractivity contribution in [3.63, 3.8) is 0 Å². The van der Waals surface area contributed by atoms with Crippen LogP contribution in [0.5, 0.6) is 0 Å². The van der Waals surface area contributed by atoms with Gasteiger partial charge in [0.1, 0.15) is 0 Å². The van der Waals surface area contributed by atoms with Crippen LogP contribution < -0.4 is 10.6 Å². The second kappa shape index (κ2) is 4.22. The van der Waals surface area contributed by atoms with E-state index in [1.165, 1.54) is 0 Å². The highest BCUT2D eigenvalue weighted by Gasteiger charge is 2.22. The van der Waals surface area contributed by atoms with Crippen molar-refractivity contribution in [2.75, 3.05) is 13.1 Å². The molecule has 16 heavy (non-hydrogen) atoms. The van der Waals surface area contributed by atoms with Crippen molar-refractivity contribution < 1.29 is 14.7 Å². The Labute approximate surface area is 92.5 Å². The van der Waals surface area contributed by atoms with Crippen molar-refractivity contribution in [2.45, 2.75) is 5.92 Å². The van der Waals surface area contributed by atoms with Crippen molar-refractivity contribution in [2.24, 2.45) is 0 Å². The minimum atomic E-state index is -0.937. The largest absolute Gasteiger partial charge is 0.478 e. The van der Waals surface area contributed by atoms with Gasteiger partial charge in [-0.1, -0.05) is 18.2 Å². The number of carboxylic acids is 1. The summed E-state index contributed by atoms with van der Waals surface area (Å²) in [5.74, 6) is -0.933. The van der Waals surface area contributed by atoms with Crippen LogP contribution in [-0.4, -0.2) is 30.2 Å². The zero-order chi connectivity index (χ0) is 11.5. The van der Waals surface area contributed by atoms with Gasteiger partial charge >= 0.3 is 12.0 Å². The molecule has 1 heterocycles. The number of aromatic carboxylic acids is 1.